The van der Waals surface area contributed by atoms with E-state index in [-0.39, 0.29) is 16.0 Å². The van der Waals surface area contributed by atoms with Crippen LogP contribution in [0.4, 0.5) is 11.4 Å². The summed E-state index contributed by atoms with van der Waals surface area (Å²) in [4.78, 5) is 13.2. The molecule has 0 bridgehead atoms. The Balaban J connectivity index is 2.38. The van der Waals surface area contributed by atoms with Crippen LogP contribution in [0.1, 0.15) is 45.6 Å². The Kier molecular flexibility index (Phi) is 5.06. The molecule has 1 heterocycles. The van der Waals surface area contributed by atoms with Gasteiger partial charge in [0.25, 0.3) is 5.69 Å². The van der Waals surface area contributed by atoms with E-state index in [4.69, 9.17) is 0 Å². The number of nitrogens with zero attached hydrogens (tertiary/aromatic N) is 2. The van der Waals surface area contributed by atoms with Crippen LogP contribution in [0.5, 0.6) is 0 Å². The van der Waals surface area contributed by atoms with Crippen molar-refractivity contribution in [3.8, 4) is 0 Å². The van der Waals surface area contributed by atoms with Crippen LogP contribution in [0.25, 0.3) is 0 Å². The van der Waals surface area contributed by atoms with Crippen LogP contribution < -0.4 is 10.2 Å². The van der Waals surface area contributed by atoms with Gasteiger partial charge in [-0.1, -0.05) is 27.2 Å². The lowest BCUT2D eigenvalue weighted by molar-refractivity contribution is -0.384. The van der Waals surface area contributed by atoms with Crippen molar-refractivity contribution in [1.82, 2.24) is 5.32 Å². The van der Waals surface area contributed by atoms with Crippen LogP contribution in [0, 0.1) is 10.1 Å². The van der Waals surface area contributed by atoms with Crippen LogP contribution >= 0.6 is 0 Å². The minimum absolute atomic E-state index is 0.0378. The van der Waals surface area contributed by atoms with Crippen LogP contribution in [0.15, 0.2) is 18.2 Å². The highest BCUT2D eigenvalue weighted by Gasteiger charge is 2.38. The van der Waals surface area contributed by atoms with Crippen molar-refractivity contribution in [3.05, 3.63) is 33.9 Å². The number of hydrogen-bond donors (Lipinski definition) is 1. The van der Waals surface area contributed by atoms with Gasteiger partial charge in [-0.25, -0.2) is 0 Å². The first-order valence-electron chi connectivity index (χ1n) is 8.11. The van der Waals surface area contributed by atoms with Crippen molar-refractivity contribution in [3.63, 3.8) is 0 Å². The Labute approximate surface area is 132 Å². The fourth-order valence-corrected chi connectivity index (χ4v) is 3.47. The molecule has 2 rings (SSSR count). The first-order valence-corrected chi connectivity index (χ1v) is 8.11. The number of nitrogens with one attached hydrogen (secondary N) is 1. The molecule has 0 saturated heterocycles. The van der Waals surface area contributed by atoms with Gasteiger partial charge in [0, 0.05) is 35.8 Å². The van der Waals surface area contributed by atoms with Gasteiger partial charge in [-0.15, -0.1) is 0 Å². The highest BCUT2D eigenvalue weighted by molar-refractivity contribution is 5.66. The largest absolute Gasteiger partial charge is 0.367 e. The lowest BCUT2D eigenvalue weighted by atomic mass is 9.87. The number of fused-ring (bicyclic) bond motifs is 1. The van der Waals surface area contributed by atoms with E-state index in [0.29, 0.717) is 6.04 Å². The molecule has 1 atom stereocenters. The van der Waals surface area contributed by atoms with E-state index in [0.717, 1.165) is 38.0 Å². The van der Waals surface area contributed by atoms with E-state index in [1.165, 1.54) is 5.56 Å². The van der Waals surface area contributed by atoms with Gasteiger partial charge in [0.05, 0.1) is 4.92 Å². The van der Waals surface area contributed by atoms with Gasteiger partial charge >= 0.3 is 0 Å². The van der Waals surface area contributed by atoms with Gasteiger partial charge in [-0.2, -0.15) is 0 Å². The third kappa shape index (κ3) is 3.24. The molecule has 1 unspecified atom stereocenters. The van der Waals surface area contributed by atoms with E-state index in [1.54, 1.807) is 12.1 Å². The number of benzene rings is 1. The molecule has 0 fully saturated rings. The monoisotopic (exact) mass is 305 g/mol. The smallest absolute Gasteiger partial charge is 0.271 e. The van der Waals surface area contributed by atoms with Crippen molar-refractivity contribution < 1.29 is 4.92 Å². The van der Waals surface area contributed by atoms with E-state index < -0.39 is 0 Å². The third-order valence-electron chi connectivity index (χ3n) is 4.59. The number of rotatable bonds is 7. The summed E-state index contributed by atoms with van der Waals surface area (Å²) in [5.74, 6) is 0. The maximum Gasteiger partial charge on any atom is 0.271 e. The maximum absolute atomic E-state index is 11.1. The number of non-ortho nitro benzene ring substituents is 1. The first kappa shape index (κ1) is 16.7. The summed E-state index contributed by atoms with van der Waals surface area (Å²) < 4.78 is 0. The Hall–Kier alpha value is -1.62. The summed E-state index contributed by atoms with van der Waals surface area (Å²) in [5, 5.41) is 14.3. The molecule has 122 valence electrons. The summed E-state index contributed by atoms with van der Waals surface area (Å²) in [5.41, 5.74) is 2.50. The highest BCUT2D eigenvalue weighted by Crippen LogP contribution is 2.43. The number of hydrogen-bond acceptors (Lipinski definition) is 4. The van der Waals surface area contributed by atoms with E-state index in [9.17, 15) is 10.1 Å². The highest BCUT2D eigenvalue weighted by atomic mass is 16.6. The molecule has 1 aromatic carbocycles. The first-order chi connectivity index (χ1) is 10.4. The van der Waals surface area contributed by atoms with E-state index >= 15 is 0 Å². The van der Waals surface area contributed by atoms with Crippen LogP contribution in [-0.4, -0.2) is 31.1 Å². The molecule has 5 nitrogen and oxygen atoms in total. The molecular formula is C17H27N3O2. The molecule has 0 saturated carbocycles. The molecule has 5 heteroatoms. The van der Waals surface area contributed by atoms with E-state index in [1.807, 2.05) is 13.1 Å². The van der Waals surface area contributed by atoms with Gasteiger partial charge in [0.2, 0.25) is 0 Å². The summed E-state index contributed by atoms with van der Waals surface area (Å²) >= 11 is 0. The van der Waals surface area contributed by atoms with Gasteiger partial charge in [0.1, 0.15) is 0 Å². The van der Waals surface area contributed by atoms with Gasteiger partial charge in [-0.05, 0) is 38.1 Å². The van der Waals surface area contributed by atoms with Gasteiger partial charge in [-0.3, -0.25) is 10.1 Å². The van der Waals surface area contributed by atoms with Crippen LogP contribution in [0.2, 0.25) is 0 Å². The summed E-state index contributed by atoms with van der Waals surface area (Å²) in [6.45, 7) is 8.53. The second-order valence-electron chi connectivity index (χ2n) is 6.81. The number of nitro benzene ring substituents is 1. The number of nitro groups is 1. The molecule has 1 aliphatic heterocycles. The molecule has 1 aliphatic rings. The minimum Gasteiger partial charge on any atom is -0.367 e. The van der Waals surface area contributed by atoms with Crippen LogP contribution in [-0.2, 0) is 5.41 Å². The molecular weight excluding hydrogens is 278 g/mol. The van der Waals surface area contributed by atoms with E-state index in [2.05, 4.69) is 31.0 Å². The van der Waals surface area contributed by atoms with Gasteiger partial charge in [0.15, 0.2) is 0 Å². The van der Waals surface area contributed by atoms with Crippen LogP contribution in [0.3, 0.4) is 0 Å². The second kappa shape index (κ2) is 6.65. The lowest BCUT2D eigenvalue weighted by Crippen LogP contribution is -2.39. The predicted octanol–water partition coefficient (Wildman–Crippen LogP) is 3.47. The topological polar surface area (TPSA) is 58.4 Å². The molecule has 0 aromatic heterocycles. The van der Waals surface area contributed by atoms with Gasteiger partial charge < -0.3 is 10.2 Å². The molecule has 1 N–H and O–H groups in total. The molecule has 22 heavy (non-hydrogen) atoms. The third-order valence-corrected chi connectivity index (χ3v) is 4.59. The van der Waals surface area contributed by atoms with Crippen molar-refractivity contribution >= 4 is 11.4 Å². The predicted molar refractivity (Wildman–Crippen MR) is 90.7 cm³/mol. The molecule has 0 aliphatic carbocycles. The fourth-order valence-electron chi connectivity index (χ4n) is 3.47. The minimum atomic E-state index is -0.299. The summed E-state index contributed by atoms with van der Waals surface area (Å²) in [7, 11) is 1.97. The van der Waals surface area contributed by atoms with Crippen molar-refractivity contribution in [2.24, 2.45) is 0 Å². The second-order valence-corrected chi connectivity index (χ2v) is 6.81. The quantitative estimate of drug-likeness (QED) is 0.619. The molecule has 1 aromatic rings. The maximum atomic E-state index is 11.1. The molecule has 0 amide bonds. The average molecular weight is 305 g/mol. The SMILES string of the molecule is CCCC(CCNC)N1CC(C)(C)c2ccc([N+](=O)[O-])cc21. The average Bonchev–Trinajstić information content (AvgIpc) is 2.74. The normalized spacial score (nSPS) is 17.4. The van der Waals surface area contributed by atoms with Crippen molar-refractivity contribution in [1.29, 1.82) is 0 Å². The van der Waals surface area contributed by atoms with Crippen molar-refractivity contribution in [2.45, 2.75) is 51.5 Å². The summed E-state index contributed by atoms with van der Waals surface area (Å²) in [6, 6.07) is 5.76. The Bertz CT molecular complexity index is 543. The summed E-state index contributed by atoms with van der Waals surface area (Å²) in [6.07, 6.45) is 3.29. The Morgan fingerprint density at radius 2 is 2.14 bits per heavy atom. The molecule has 0 spiro atoms. The zero-order chi connectivity index (χ0) is 16.3. The lowest BCUT2D eigenvalue weighted by Gasteiger charge is -2.31. The fraction of sp³-hybridized carbons (Fsp3) is 0.647. The molecule has 0 radical (unpaired) electrons. The Morgan fingerprint density at radius 3 is 2.73 bits per heavy atom. The zero-order valence-corrected chi connectivity index (χ0v) is 14.1. The Morgan fingerprint density at radius 1 is 1.41 bits per heavy atom. The zero-order valence-electron chi connectivity index (χ0n) is 14.1. The standard InChI is InChI=1S/C17H27N3O2/c1-5-6-13(9-10-18-4)19-12-17(2,3)15-8-7-14(20(21)22)11-16(15)19/h7-8,11,13,18H,5-6,9-10,12H2,1-4H3. The van der Waals surface area contributed by atoms with Crippen molar-refractivity contribution in [2.75, 3.05) is 25.0 Å². The number of anilines is 1.